The molecule has 0 bridgehead atoms. The van der Waals surface area contributed by atoms with Gasteiger partial charge in [0.15, 0.2) is 0 Å². The van der Waals surface area contributed by atoms with Gasteiger partial charge in [0.2, 0.25) is 0 Å². The zero-order valence-electron chi connectivity index (χ0n) is 17.6. The average Bonchev–Trinajstić information content (AvgIpc) is 2.67. The minimum atomic E-state index is 0. The quantitative estimate of drug-likeness (QED) is 0.415. The topological polar surface area (TPSA) is 0 Å². The molecule has 0 aromatic carbocycles. The predicted octanol–water partition coefficient (Wildman–Crippen LogP) is 8.41. The predicted molar refractivity (Wildman–Crippen MR) is 114 cm³/mol. The standard InChI is InChI=1S/2C11H22.2CH4/c2*1-7-8(2)10(4)11(5,6)9(7)3;;/h2*7-10H,1-6H3;2*1H4. The molecule has 148 valence electrons. The monoisotopic (exact) mass is 340 g/mol. The summed E-state index contributed by atoms with van der Waals surface area (Å²) in [7, 11) is 0. The highest BCUT2D eigenvalue weighted by Crippen LogP contribution is 2.54. The second kappa shape index (κ2) is 8.59. The molecule has 0 heterocycles. The lowest BCUT2D eigenvalue weighted by Crippen LogP contribution is -2.22. The molecule has 2 fully saturated rings. The van der Waals surface area contributed by atoms with Gasteiger partial charge in [-0.25, -0.2) is 0 Å². The van der Waals surface area contributed by atoms with Crippen LogP contribution in [0.3, 0.4) is 0 Å². The van der Waals surface area contributed by atoms with Crippen molar-refractivity contribution in [1.29, 1.82) is 0 Å². The van der Waals surface area contributed by atoms with Crippen molar-refractivity contribution in [3.63, 3.8) is 0 Å². The largest absolute Gasteiger partial charge is 0.0776 e. The van der Waals surface area contributed by atoms with Crippen molar-refractivity contribution in [3.05, 3.63) is 0 Å². The van der Waals surface area contributed by atoms with E-state index in [1.165, 1.54) is 0 Å². The fraction of sp³-hybridized carbons (Fsp3) is 1.00. The van der Waals surface area contributed by atoms with Gasteiger partial charge in [-0.05, 0) is 58.2 Å². The lowest BCUT2D eigenvalue weighted by Gasteiger charge is -2.30. The van der Waals surface area contributed by atoms with Gasteiger partial charge in [-0.1, -0.05) is 97.9 Å². The molecule has 2 aliphatic rings. The van der Waals surface area contributed by atoms with E-state index in [9.17, 15) is 0 Å². The molecule has 2 rings (SSSR count). The van der Waals surface area contributed by atoms with Crippen LogP contribution in [0.5, 0.6) is 0 Å². The molecule has 8 atom stereocenters. The zero-order chi connectivity index (χ0) is 17.6. The fourth-order valence-corrected chi connectivity index (χ4v) is 5.36. The maximum absolute atomic E-state index is 2.42. The van der Waals surface area contributed by atoms with Crippen LogP contribution in [0.2, 0.25) is 0 Å². The van der Waals surface area contributed by atoms with Crippen LogP contribution in [0.15, 0.2) is 0 Å². The average molecular weight is 341 g/mol. The van der Waals surface area contributed by atoms with E-state index in [0.717, 1.165) is 47.3 Å². The Morgan fingerprint density at radius 3 is 0.542 bits per heavy atom. The molecule has 2 aliphatic carbocycles. The summed E-state index contributed by atoms with van der Waals surface area (Å²) in [6, 6.07) is 0. The van der Waals surface area contributed by atoms with E-state index in [1.807, 2.05) is 0 Å². The lowest BCUT2D eigenvalue weighted by atomic mass is 9.76. The lowest BCUT2D eigenvalue weighted by molar-refractivity contribution is 0.193. The molecular formula is C24H52. The van der Waals surface area contributed by atoms with Crippen LogP contribution in [0.25, 0.3) is 0 Å². The number of rotatable bonds is 0. The van der Waals surface area contributed by atoms with Crippen molar-refractivity contribution in [2.24, 2.45) is 58.2 Å². The zero-order valence-corrected chi connectivity index (χ0v) is 17.6. The van der Waals surface area contributed by atoms with Crippen LogP contribution in [0.1, 0.15) is 97.9 Å². The first kappa shape index (κ1) is 26.2. The number of hydrogen-bond acceptors (Lipinski definition) is 0. The first-order valence-electron chi connectivity index (χ1n) is 9.77. The maximum Gasteiger partial charge on any atom is -0.0298 e. The van der Waals surface area contributed by atoms with Gasteiger partial charge < -0.3 is 0 Å². The van der Waals surface area contributed by atoms with Gasteiger partial charge in [0, 0.05) is 0 Å². The minimum absolute atomic E-state index is 0. The van der Waals surface area contributed by atoms with Crippen LogP contribution in [-0.2, 0) is 0 Å². The van der Waals surface area contributed by atoms with Crippen LogP contribution < -0.4 is 0 Å². The Balaban J connectivity index is 0. The summed E-state index contributed by atoms with van der Waals surface area (Å²) in [6.07, 6.45) is 0. The van der Waals surface area contributed by atoms with Crippen LogP contribution in [0, 0.1) is 58.2 Å². The van der Waals surface area contributed by atoms with Gasteiger partial charge in [0.05, 0.1) is 0 Å². The molecule has 0 spiro atoms. The minimum Gasteiger partial charge on any atom is -0.0776 e. The molecule has 0 amide bonds. The van der Waals surface area contributed by atoms with Crippen LogP contribution >= 0.6 is 0 Å². The molecule has 0 aromatic rings. The summed E-state index contributed by atoms with van der Waals surface area (Å²) < 4.78 is 0. The Morgan fingerprint density at radius 2 is 0.500 bits per heavy atom. The molecule has 0 heteroatoms. The molecule has 2 saturated carbocycles. The molecule has 0 saturated heterocycles. The summed E-state index contributed by atoms with van der Waals surface area (Å²) >= 11 is 0. The summed E-state index contributed by atoms with van der Waals surface area (Å²) in [5.74, 6) is 7.14. The molecule has 0 aliphatic heterocycles. The first-order valence-corrected chi connectivity index (χ1v) is 9.77. The van der Waals surface area contributed by atoms with Crippen molar-refractivity contribution in [2.75, 3.05) is 0 Å². The second-order valence-corrected chi connectivity index (χ2v) is 10.2. The summed E-state index contributed by atoms with van der Waals surface area (Å²) in [5, 5.41) is 0. The smallest absolute Gasteiger partial charge is 0.0298 e. The fourth-order valence-electron chi connectivity index (χ4n) is 5.36. The Hall–Kier alpha value is 0. The van der Waals surface area contributed by atoms with E-state index in [0.29, 0.717) is 10.8 Å². The van der Waals surface area contributed by atoms with E-state index >= 15 is 0 Å². The van der Waals surface area contributed by atoms with E-state index in [2.05, 4.69) is 83.1 Å². The Kier molecular flexibility index (Phi) is 9.39. The highest BCUT2D eigenvalue weighted by molar-refractivity contribution is 4.96. The first-order chi connectivity index (χ1) is 9.77. The van der Waals surface area contributed by atoms with Crippen LogP contribution in [-0.4, -0.2) is 0 Å². The third-order valence-electron chi connectivity index (χ3n) is 9.51. The summed E-state index contributed by atoms with van der Waals surface area (Å²) in [4.78, 5) is 0. The van der Waals surface area contributed by atoms with Gasteiger partial charge >= 0.3 is 0 Å². The van der Waals surface area contributed by atoms with E-state index < -0.39 is 0 Å². The Bertz CT molecular complexity index is 296. The van der Waals surface area contributed by atoms with Crippen molar-refractivity contribution >= 4 is 0 Å². The molecule has 8 unspecified atom stereocenters. The van der Waals surface area contributed by atoms with E-state index in [4.69, 9.17) is 0 Å². The highest BCUT2D eigenvalue weighted by Gasteiger charge is 2.47. The van der Waals surface area contributed by atoms with Crippen molar-refractivity contribution in [2.45, 2.75) is 97.9 Å². The van der Waals surface area contributed by atoms with Gasteiger partial charge in [-0.3, -0.25) is 0 Å². The highest BCUT2D eigenvalue weighted by atomic mass is 14.5. The molecule has 0 N–H and O–H groups in total. The maximum atomic E-state index is 2.42. The molecule has 0 aromatic heterocycles. The summed E-state index contributed by atoms with van der Waals surface area (Å²) in [6.45, 7) is 28.9. The molecule has 0 nitrogen and oxygen atoms in total. The van der Waals surface area contributed by atoms with Gasteiger partial charge in [-0.15, -0.1) is 0 Å². The Labute approximate surface area is 156 Å². The Morgan fingerprint density at radius 1 is 0.375 bits per heavy atom. The van der Waals surface area contributed by atoms with E-state index in [-0.39, 0.29) is 14.9 Å². The normalized spacial score (nSPS) is 45.5. The molecule has 24 heavy (non-hydrogen) atoms. The third-order valence-corrected chi connectivity index (χ3v) is 9.51. The molecule has 0 radical (unpaired) electrons. The SMILES string of the molecule is C.C.CC1C(C)C(C)C(C)(C)C1C.CC1C(C)C(C)C(C)(C)C1C. The van der Waals surface area contributed by atoms with Gasteiger partial charge in [-0.2, -0.15) is 0 Å². The van der Waals surface area contributed by atoms with Crippen molar-refractivity contribution < 1.29 is 0 Å². The van der Waals surface area contributed by atoms with E-state index in [1.54, 1.807) is 0 Å². The van der Waals surface area contributed by atoms with Gasteiger partial charge in [0.25, 0.3) is 0 Å². The number of hydrogen-bond donors (Lipinski definition) is 0. The van der Waals surface area contributed by atoms with Crippen molar-refractivity contribution in [1.82, 2.24) is 0 Å². The van der Waals surface area contributed by atoms with Gasteiger partial charge in [0.1, 0.15) is 0 Å². The van der Waals surface area contributed by atoms with Crippen LogP contribution in [0.4, 0.5) is 0 Å². The third kappa shape index (κ3) is 4.21. The molecular weight excluding hydrogens is 288 g/mol. The summed E-state index contributed by atoms with van der Waals surface area (Å²) in [5.41, 5.74) is 1.11. The second-order valence-electron chi connectivity index (χ2n) is 10.2. The van der Waals surface area contributed by atoms with Crippen molar-refractivity contribution in [3.8, 4) is 0 Å².